The van der Waals surface area contributed by atoms with Crippen LogP contribution in [0.5, 0.6) is 0 Å². The molecule has 0 fully saturated rings. The van der Waals surface area contributed by atoms with Crippen LogP contribution in [0.25, 0.3) is 5.65 Å². The standard InChI is InChI=1S/C18H19N5O2/c1-11(2)20-18(25)15-8-14(6-4-12(15)3)21-17(24)13-5-7-16-22-19-10-23(16)9-13/h4-11H,1-3H3,(H,20,25)(H,21,24). The normalized spacial score (nSPS) is 10.9. The van der Waals surface area contributed by atoms with Gasteiger partial charge in [-0.15, -0.1) is 10.2 Å². The topological polar surface area (TPSA) is 88.4 Å². The third-order valence-corrected chi connectivity index (χ3v) is 3.71. The van der Waals surface area contributed by atoms with Crippen LogP contribution in [-0.2, 0) is 0 Å². The van der Waals surface area contributed by atoms with Crippen molar-refractivity contribution in [1.82, 2.24) is 19.9 Å². The van der Waals surface area contributed by atoms with Gasteiger partial charge in [0.05, 0.1) is 5.56 Å². The molecule has 0 saturated carbocycles. The molecule has 0 spiro atoms. The lowest BCUT2D eigenvalue weighted by Gasteiger charge is -2.12. The maximum absolute atomic E-state index is 12.5. The van der Waals surface area contributed by atoms with Crippen LogP contribution >= 0.6 is 0 Å². The number of benzene rings is 1. The highest BCUT2D eigenvalue weighted by Gasteiger charge is 2.13. The zero-order valence-electron chi connectivity index (χ0n) is 14.3. The molecule has 25 heavy (non-hydrogen) atoms. The van der Waals surface area contributed by atoms with Crippen LogP contribution in [0.15, 0.2) is 42.9 Å². The van der Waals surface area contributed by atoms with E-state index in [4.69, 9.17) is 0 Å². The van der Waals surface area contributed by atoms with Crippen molar-refractivity contribution in [2.24, 2.45) is 0 Å². The largest absolute Gasteiger partial charge is 0.350 e. The van der Waals surface area contributed by atoms with Crippen LogP contribution in [0.3, 0.4) is 0 Å². The number of carbonyl (C=O) groups excluding carboxylic acids is 2. The van der Waals surface area contributed by atoms with E-state index in [-0.39, 0.29) is 17.9 Å². The fourth-order valence-electron chi connectivity index (χ4n) is 2.45. The number of carbonyl (C=O) groups is 2. The first-order chi connectivity index (χ1) is 11.9. The Bertz CT molecular complexity index is 946. The summed E-state index contributed by atoms with van der Waals surface area (Å²) in [6.45, 7) is 5.67. The number of nitrogens with one attached hydrogen (secondary N) is 2. The second kappa shape index (κ2) is 6.72. The summed E-state index contributed by atoms with van der Waals surface area (Å²) < 4.78 is 1.67. The van der Waals surface area contributed by atoms with Gasteiger partial charge in [-0.3, -0.25) is 14.0 Å². The lowest BCUT2D eigenvalue weighted by Crippen LogP contribution is -2.30. The van der Waals surface area contributed by atoms with E-state index in [9.17, 15) is 9.59 Å². The molecule has 0 aliphatic heterocycles. The van der Waals surface area contributed by atoms with Gasteiger partial charge in [0, 0.05) is 23.5 Å². The summed E-state index contributed by atoms with van der Waals surface area (Å²) in [4.78, 5) is 24.7. The predicted molar refractivity (Wildman–Crippen MR) is 94.7 cm³/mol. The average molecular weight is 337 g/mol. The minimum absolute atomic E-state index is 0.0423. The van der Waals surface area contributed by atoms with Crippen molar-refractivity contribution in [3.8, 4) is 0 Å². The smallest absolute Gasteiger partial charge is 0.257 e. The van der Waals surface area contributed by atoms with E-state index in [2.05, 4.69) is 20.8 Å². The first-order valence-electron chi connectivity index (χ1n) is 7.96. The molecule has 2 N–H and O–H groups in total. The van der Waals surface area contributed by atoms with E-state index < -0.39 is 0 Å². The van der Waals surface area contributed by atoms with Crippen molar-refractivity contribution in [2.75, 3.05) is 5.32 Å². The second-order valence-electron chi connectivity index (χ2n) is 6.13. The number of hydrogen-bond donors (Lipinski definition) is 2. The van der Waals surface area contributed by atoms with Gasteiger partial charge in [-0.1, -0.05) is 6.07 Å². The van der Waals surface area contributed by atoms with E-state index in [1.807, 2.05) is 26.8 Å². The van der Waals surface area contributed by atoms with Gasteiger partial charge in [0.15, 0.2) is 5.65 Å². The zero-order chi connectivity index (χ0) is 18.0. The quantitative estimate of drug-likeness (QED) is 0.765. The molecule has 0 saturated heterocycles. The number of rotatable bonds is 4. The van der Waals surface area contributed by atoms with Crippen LogP contribution in [0, 0.1) is 6.92 Å². The van der Waals surface area contributed by atoms with Crippen molar-refractivity contribution in [2.45, 2.75) is 26.8 Å². The van der Waals surface area contributed by atoms with Crippen LogP contribution < -0.4 is 10.6 Å². The monoisotopic (exact) mass is 337 g/mol. The number of aryl methyl sites for hydroxylation is 1. The lowest BCUT2D eigenvalue weighted by atomic mass is 10.1. The molecule has 0 bridgehead atoms. The van der Waals surface area contributed by atoms with Crippen molar-refractivity contribution in [3.05, 3.63) is 59.5 Å². The summed E-state index contributed by atoms with van der Waals surface area (Å²) in [5, 5.41) is 13.4. The fourth-order valence-corrected chi connectivity index (χ4v) is 2.45. The van der Waals surface area contributed by atoms with E-state index >= 15 is 0 Å². The van der Waals surface area contributed by atoms with Gasteiger partial charge in [0.25, 0.3) is 11.8 Å². The van der Waals surface area contributed by atoms with E-state index in [1.165, 1.54) is 6.33 Å². The van der Waals surface area contributed by atoms with Crippen molar-refractivity contribution < 1.29 is 9.59 Å². The Morgan fingerprint density at radius 2 is 1.92 bits per heavy atom. The molecule has 3 aromatic rings. The molecule has 2 amide bonds. The molecule has 7 heteroatoms. The first kappa shape index (κ1) is 16.6. The summed E-state index contributed by atoms with van der Waals surface area (Å²) >= 11 is 0. The number of pyridine rings is 1. The van der Waals surface area contributed by atoms with Gasteiger partial charge < -0.3 is 10.6 Å². The first-order valence-corrected chi connectivity index (χ1v) is 7.96. The van der Waals surface area contributed by atoms with Crippen LogP contribution in [-0.4, -0.2) is 32.5 Å². The number of fused-ring (bicyclic) bond motifs is 1. The van der Waals surface area contributed by atoms with Gasteiger partial charge in [-0.05, 0) is 50.6 Å². The Hall–Kier alpha value is -3.22. The highest BCUT2D eigenvalue weighted by molar-refractivity contribution is 6.05. The Kier molecular flexibility index (Phi) is 4.47. The summed E-state index contributed by atoms with van der Waals surface area (Å²) in [5.41, 5.74) is 3.09. The van der Waals surface area contributed by atoms with Crippen LogP contribution in [0.2, 0.25) is 0 Å². The molecule has 128 valence electrons. The molecule has 7 nitrogen and oxygen atoms in total. The minimum atomic E-state index is -0.269. The fraction of sp³-hybridized carbons (Fsp3) is 0.222. The summed E-state index contributed by atoms with van der Waals surface area (Å²) in [5.74, 6) is -0.427. The van der Waals surface area contributed by atoms with Crippen LogP contribution in [0.1, 0.15) is 40.1 Å². The molecule has 0 aliphatic carbocycles. The lowest BCUT2D eigenvalue weighted by molar-refractivity contribution is 0.0941. The summed E-state index contributed by atoms with van der Waals surface area (Å²) in [6, 6.07) is 8.71. The van der Waals surface area contributed by atoms with Crippen LogP contribution in [0.4, 0.5) is 5.69 Å². The summed E-state index contributed by atoms with van der Waals surface area (Å²) in [7, 11) is 0. The second-order valence-corrected chi connectivity index (χ2v) is 6.13. The maximum atomic E-state index is 12.5. The van der Waals surface area contributed by atoms with Gasteiger partial charge in [-0.25, -0.2) is 0 Å². The molecule has 0 atom stereocenters. The van der Waals surface area contributed by atoms with Crippen molar-refractivity contribution in [3.63, 3.8) is 0 Å². The van der Waals surface area contributed by atoms with E-state index in [1.54, 1.807) is 34.9 Å². The average Bonchev–Trinajstić information content (AvgIpc) is 3.03. The molecular formula is C18H19N5O2. The molecule has 0 aliphatic rings. The molecule has 1 aromatic carbocycles. The Labute approximate surface area is 145 Å². The minimum Gasteiger partial charge on any atom is -0.350 e. The van der Waals surface area contributed by atoms with Gasteiger partial charge in [0.2, 0.25) is 0 Å². The Balaban J connectivity index is 1.82. The number of anilines is 1. The molecule has 2 aromatic heterocycles. The Morgan fingerprint density at radius 1 is 1.12 bits per heavy atom. The zero-order valence-corrected chi connectivity index (χ0v) is 14.3. The highest BCUT2D eigenvalue weighted by Crippen LogP contribution is 2.17. The molecule has 0 unspecified atom stereocenters. The molecular weight excluding hydrogens is 318 g/mol. The predicted octanol–water partition coefficient (Wildman–Crippen LogP) is 2.43. The summed E-state index contributed by atoms with van der Waals surface area (Å²) in [6.07, 6.45) is 3.19. The maximum Gasteiger partial charge on any atom is 0.257 e. The molecule has 3 rings (SSSR count). The molecule has 0 radical (unpaired) electrons. The van der Waals surface area contributed by atoms with E-state index in [0.717, 1.165) is 5.56 Å². The SMILES string of the molecule is Cc1ccc(NC(=O)c2ccc3nncn3c2)cc1C(=O)NC(C)C. The van der Waals surface area contributed by atoms with Crippen molar-refractivity contribution in [1.29, 1.82) is 0 Å². The number of amides is 2. The van der Waals surface area contributed by atoms with E-state index in [0.29, 0.717) is 22.5 Å². The van der Waals surface area contributed by atoms with Gasteiger partial charge in [-0.2, -0.15) is 0 Å². The van der Waals surface area contributed by atoms with Crippen molar-refractivity contribution >= 4 is 23.1 Å². The number of nitrogens with zero attached hydrogens (tertiary/aromatic N) is 3. The number of hydrogen-bond acceptors (Lipinski definition) is 4. The highest BCUT2D eigenvalue weighted by atomic mass is 16.2. The third kappa shape index (κ3) is 3.65. The number of aromatic nitrogens is 3. The van der Waals surface area contributed by atoms with Gasteiger partial charge >= 0.3 is 0 Å². The van der Waals surface area contributed by atoms with Gasteiger partial charge in [0.1, 0.15) is 6.33 Å². The Morgan fingerprint density at radius 3 is 2.68 bits per heavy atom. The third-order valence-electron chi connectivity index (χ3n) is 3.71. The molecule has 2 heterocycles.